The van der Waals surface area contributed by atoms with Crippen molar-refractivity contribution in [2.75, 3.05) is 20.2 Å². The van der Waals surface area contributed by atoms with Gasteiger partial charge in [0.05, 0.1) is 12.7 Å². The zero-order valence-corrected chi connectivity index (χ0v) is 12.1. The summed E-state index contributed by atoms with van der Waals surface area (Å²) in [4.78, 5) is 0.705. The standard InChI is InChI=1S/C11H17NO4S2/c1-8-5-11(17-10(8)7-13)18(14,15)12-4-3-9(6-12)16-2/h5,9,13H,3-4,6-7H2,1-2H3. The van der Waals surface area contributed by atoms with Gasteiger partial charge >= 0.3 is 0 Å². The Morgan fingerprint density at radius 1 is 1.61 bits per heavy atom. The normalized spacial score (nSPS) is 21.6. The third-order valence-corrected chi connectivity index (χ3v) is 6.71. The van der Waals surface area contributed by atoms with E-state index in [1.54, 1.807) is 13.2 Å². The fourth-order valence-corrected chi connectivity index (χ4v) is 5.10. The van der Waals surface area contributed by atoms with Gasteiger partial charge in [-0.2, -0.15) is 4.31 Å². The maximum Gasteiger partial charge on any atom is 0.252 e. The predicted octanol–water partition coefficient (Wildman–Crippen LogP) is 0.958. The van der Waals surface area contributed by atoms with Crippen LogP contribution >= 0.6 is 11.3 Å². The van der Waals surface area contributed by atoms with Crippen LogP contribution in [-0.2, 0) is 21.4 Å². The molecule has 0 radical (unpaired) electrons. The molecule has 1 saturated heterocycles. The molecule has 1 N–H and O–H groups in total. The minimum atomic E-state index is -3.43. The Morgan fingerprint density at radius 3 is 2.83 bits per heavy atom. The smallest absolute Gasteiger partial charge is 0.252 e. The predicted molar refractivity (Wildman–Crippen MR) is 69.2 cm³/mol. The Labute approximate surface area is 111 Å². The van der Waals surface area contributed by atoms with Gasteiger partial charge in [-0.25, -0.2) is 8.42 Å². The van der Waals surface area contributed by atoms with Crippen LogP contribution in [0.25, 0.3) is 0 Å². The molecule has 0 saturated carbocycles. The average Bonchev–Trinajstić information content (AvgIpc) is 2.95. The summed E-state index contributed by atoms with van der Waals surface area (Å²) < 4.78 is 31.7. The van der Waals surface area contributed by atoms with Gasteiger partial charge < -0.3 is 9.84 Å². The Hall–Kier alpha value is -0.470. The van der Waals surface area contributed by atoms with Crippen molar-refractivity contribution in [1.82, 2.24) is 4.31 Å². The zero-order valence-electron chi connectivity index (χ0n) is 10.4. The van der Waals surface area contributed by atoms with E-state index in [1.807, 2.05) is 6.92 Å². The van der Waals surface area contributed by atoms with E-state index in [0.29, 0.717) is 22.2 Å². The largest absolute Gasteiger partial charge is 0.391 e. The monoisotopic (exact) mass is 291 g/mol. The fraction of sp³-hybridized carbons (Fsp3) is 0.636. The second-order valence-electron chi connectivity index (χ2n) is 4.34. The SMILES string of the molecule is COC1CCN(S(=O)(=O)c2cc(C)c(CO)s2)C1. The average molecular weight is 291 g/mol. The summed E-state index contributed by atoms with van der Waals surface area (Å²) in [5, 5.41) is 9.12. The Balaban J connectivity index is 2.25. The van der Waals surface area contributed by atoms with E-state index in [1.165, 1.54) is 4.31 Å². The lowest BCUT2D eigenvalue weighted by atomic mass is 10.3. The lowest BCUT2D eigenvalue weighted by Gasteiger charge is -2.14. The van der Waals surface area contributed by atoms with Gasteiger partial charge in [0.15, 0.2) is 0 Å². The van der Waals surface area contributed by atoms with Gasteiger partial charge in [0, 0.05) is 25.1 Å². The number of nitrogens with zero attached hydrogens (tertiary/aromatic N) is 1. The van der Waals surface area contributed by atoms with Gasteiger partial charge in [0.25, 0.3) is 10.0 Å². The number of sulfonamides is 1. The van der Waals surface area contributed by atoms with Crippen molar-refractivity contribution in [3.63, 3.8) is 0 Å². The fourth-order valence-electron chi connectivity index (χ4n) is 2.01. The number of methoxy groups -OCH3 is 1. The van der Waals surface area contributed by atoms with Gasteiger partial charge in [0.2, 0.25) is 0 Å². The second-order valence-corrected chi connectivity index (χ2v) is 7.64. The summed E-state index contributed by atoms with van der Waals surface area (Å²) in [6.07, 6.45) is 0.714. The molecule has 102 valence electrons. The lowest BCUT2D eigenvalue weighted by Crippen LogP contribution is -2.29. The van der Waals surface area contributed by atoms with Gasteiger partial charge in [-0.15, -0.1) is 11.3 Å². The molecule has 2 heterocycles. The number of aliphatic hydroxyl groups is 1. The molecule has 18 heavy (non-hydrogen) atoms. The molecule has 1 aliphatic rings. The molecule has 1 atom stereocenters. The first-order valence-electron chi connectivity index (χ1n) is 5.72. The highest BCUT2D eigenvalue weighted by Crippen LogP contribution is 2.30. The van der Waals surface area contributed by atoms with Crippen molar-refractivity contribution < 1.29 is 18.3 Å². The molecule has 1 aromatic rings. The van der Waals surface area contributed by atoms with Crippen LogP contribution < -0.4 is 0 Å². The molecule has 0 amide bonds. The topological polar surface area (TPSA) is 66.8 Å². The molecule has 1 unspecified atom stereocenters. The molecule has 0 aromatic carbocycles. The summed E-state index contributed by atoms with van der Waals surface area (Å²) in [5.74, 6) is 0. The van der Waals surface area contributed by atoms with Gasteiger partial charge in [0.1, 0.15) is 4.21 Å². The maximum absolute atomic E-state index is 12.4. The molecule has 0 aliphatic carbocycles. The second kappa shape index (κ2) is 5.26. The van der Waals surface area contributed by atoms with Gasteiger partial charge in [-0.05, 0) is 25.0 Å². The number of rotatable bonds is 4. The Morgan fingerprint density at radius 2 is 2.33 bits per heavy atom. The van der Waals surface area contributed by atoms with E-state index in [-0.39, 0.29) is 12.7 Å². The molecular formula is C11H17NO4S2. The van der Waals surface area contributed by atoms with Crippen LogP contribution in [0.2, 0.25) is 0 Å². The zero-order chi connectivity index (χ0) is 13.3. The number of aliphatic hydroxyl groups excluding tert-OH is 1. The minimum Gasteiger partial charge on any atom is -0.391 e. The minimum absolute atomic E-state index is 0.0156. The molecule has 2 rings (SSSR count). The Bertz CT molecular complexity index is 523. The van der Waals surface area contributed by atoms with Crippen molar-refractivity contribution in [2.45, 2.75) is 30.3 Å². The van der Waals surface area contributed by atoms with Crippen LogP contribution in [0.4, 0.5) is 0 Å². The lowest BCUT2D eigenvalue weighted by molar-refractivity contribution is 0.115. The number of hydrogen-bond donors (Lipinski definition) is 1. The third-order valence-electron chi connectivity index (χ3n) is 3.18. The van der Waals surface area contributed by atoms with Gasteiger partial charge in [-0.1, -0.05) is 0 Å². The van der Waals surface area contributed by atoms with Gasteiger partial charge in [-0.3, -0.25) is 0 Å². The first kappa shape index (κ1) is 14.0. The number of aryl methyl sites for hydroxylation is 1. The van der Waals surface area contributed by atoms with Crippen molar-refractivity contribution in [3.05, 3.63) is 16.5 Å². The van der Waals surface area contributed by atoms with Crippen molar-refractivity contribution in [2.24, 2.45) is 0 Å². The highest BCUT2D eigenvalue weighted by atomic mass is 32.2. The van der Waals surface area contributed by atoms with Crippen LogP contribution in [0.3, 0.4) is 0 Å². The highest BCUT2D eigenvalue weighted by molar-refractivity contribution is 7.91. The first-order chi connectivity index (χ1) is 8.48. The molecule has 0 bridgehead atoms. The maximum atomic E-state index is 12.4. The van der Waals surface area contributed by atoms with Crippen molar-refractivity contribution in [3.8, 4) is 0 Å². The van der Waals surface area contributed by atoms with E-state index in [2.05, 4.69) is 0 Å². The van der Waals surface area contributed by atoms with E-state index in [0.717, 1.165) is 23.3 Å². The van der Waals surface area contributed by atoms with Crippen LogP contribution in [0.1, 0.15) is 16.9 Å². The Kier molecular flexibility index (Phi) is 4.08. The number of ether oxygens (including phenoxy) is 1. The summed E-state index contributed by atoms with van der Waals surface area (Å²) in [7, 11) is -1.84. The molecule has 1 fully saturated rings. The summed E-state index contributed by atoms with van der Waals surface area (Å²) in [5.41, 5.74) is 0.823. The van der Waals surface area contributed by atoms with E-state index in [4.69, 9.17) is 9.84 Å². The molecule has 1 aromatic heterocycles. The van der Waals surface area contributed by atoms with Crippen LogP contribution in [-0.4, -0.2) is 44.1 Å². The van der Waals surface area contributed by atoms with E-state index >= 15 is 0 Å². The van der Waals surface area contributed by atoms with E-state index < -0.39 is 10.0 Å². The summed E-state index contributed by atoms with van der Waals surface area (Å²) in [6, 6.07) is 1.63. The summed E-state index contributed by atoms with van der Waals surface area (Å²) in [6.45, 7) is 2.59. The molecule has 7 heteroatoms. The van der Waals surface area contributed by atoms with Crippen LogP contribution in [0.5, 0.6) is 0 Å². The summed E-state index contributed by atoms with van der Waals surface area (Å²) >= 11 is 1.14. The van der Waals surface area contributed by atoms with Crippen molar-refractivity contribution in [1.29, 1.82) is 0 Å². The van der Waals surface area contributed by atoms with E-state index in [9.17, 15) is 8.42 Å². The molecule has 0 spiro atoms. The highest BCUT2D eigenvalue weighted by Gasteiger charge is 2.33. The quantitative estimate of drug-likeness (QED) is 0.897. The third kappa shape index (κ3) is 2.46. The molecular weight excluding hydrogens is 274 g/mol. The number of thiophene rings is 1. The van der Waals surface area contributed by atoms with Crippen LogP contribution in [0, 0.1) is 6.92 Å². The van der Waals surface area contributed by atoms with Crippen molar-refractivity contribution >= 4 is 21.4 Å². The van der Waals surface area contributed by atoms with Crippen LogP contribution in [0.15, 0.2) is 10.3 Å². The first-order valence-corrected chi connectivity index (χ1v) is 7.97. The molecule has 5 nitrogen and oxygen atoms in total. The molecule has 1 aliphatic heterocycles. The number of hydrogen-bond acceptors (Lipinski definition) is 5.